The summed E-state index contributed by atoms with van der Waals surface area (Å²) in [6.07, 6.45) is 1.15. The molecular weight excluding hydrogens is 278 g/mol. The van der Waals surface area contributed by atoms with Gasteiger partial charge in [0.15, 0.2) is 0 Å². The zero-order valence-electron chi connectivity index (χ0n) is 15.1. The molecule has 0 fully saturated rings. The molecule has 5 heteroatoms. The summed E-state index contributed by atoms with van der Waals surface area (Å²) < 4.78 is 2.04. The fourth-order valence-corrected chi connectivity index (χ4v) is 2.71. The quantitative estimate of drug-likeness (QED) is 0.841. The Morgan fingerprint density at radius 3 is 2.45 bits per heavy atom. The lowest BCUT2D eigenvalue weighted by Crippen LogP contribution is -2.39. The Morgan fingerprint density at radius 2 is 1.95 bits per heavy atom. The van der Waals surface area contributed by atoms with Gasteiger partial charge in [0.05, 0.1) is 11.3 Å². The second kappa shape index (κ2) is 7.27. The molecule has 0 aliphatic rings. The highest BCUT2D eigenvalue weighted by atomic mass is 16.3. The average molecular weight is 309 g/mol. The molecule has 1 rings (SSSR count). The van der Waals surface area contributed by atoms with Crippen LogP contribution in [0.25, 0.3) is 0 Å². The molecule has 0 saturated heterocycles. The van der Waals surface area contributed by atoms with Crippen LogP contribution in [0.1, 0.15) is 51.1 Å². The summed E-state index contributed by atoms with van der Waals surface area (Å²) in [7, 11) is 1.74. The van der Waals surface area contributed by atoms with E-state index in [4.69, 9.17) is 0 Å². The summed E-state index contributed by atoms with van der Waals surface area (Å²) >= 11 is 0. The predicted octanol–water partition coefficient (Wildman–Crippen LogP) is 2.32. The number of aromatic nitrogens is 2. The Hall–Kier alpha value is -1.36. The minimum absolute atomic E-state index is 0.0533. The van der Waals surface area contributed by atoms with Crippen LogP contribution in [0.2, 0.25) is 0 Å². The highest BCUT2D eigenvalue weighted by Crippen LogP contribution is 2.17. The number of hydrogen-bond donors (Lipinski definition) is 1. The van der Waals surface area contributed by atoms with E-state index in [2.05, 4.69) is 25.9 Å². The van der Waals surface area contributed by atoms with Gasteiger partial charge in [0.1, 0.15) is 0 Å². The van der Waals surface area contributed by atoms with E-state index in [0.29, 0.717) is 25.3 Å². The van der Waals surface area contributed by atoms with Crippen molar-refractivity contribution in [2.75, 3.05) is 13.6 Å². The van der Waals surface area contributed by atoms with Crippen LogP contribution in [0.5, 0.6) is 0 Å². The van der Waals surface area contributed by atoms with E-state index >= 15 is 0 Å². The number of likely N-dealkylation sites (N-methyl/N-ethyl adjacent to an activating group) is 1. The molecule has 0 radical (unpaired) electrons. The van der Waals surface area contributed by atoms with Crippen molar-refractivity contribution in [2.45, 2.75) is 66.5 Å². The van der Waals surface area contributed by atoms with Gasteiger partial charge in [0.2, 0.25) is 5.91 Å². The Morgan fingerprint density at radius 1 is 1.36 bits per heavy atom. The van der Waals surface area contributed by atoms with Gasteiger partial charge in [0, 0.05) is 32.3 Å². The van der Waals surface area contributed by atoms with Gasteiger partial charge >= 0.3 is 0 Å². The van der Waals surface area contributed by atoms with Crippen LogP contribution >= 0.6 is 0 Å². The van der Waals surface area contributed by atoms with Crippen LogP contribution in [0.3, 0.4) is 0 Å². The Balaban J connectivity index is 2.68. The monoisotopic (exact) mass is 309 g/mol. The Bertz CT molecular complexity index is 513. The molecule has 5 nitrogen and oxygen atoms in total. The fourth-order valence-electron chi connectivity index (χ4n) is 2.71. The van der Waals surface area contributed by atoms with E-state index in [9.17, 15) is 9.90 Å². The number of carbonyl (C=O) groups is 1. The third kappa shape index (κ3) is 5.44. The Labute approximate surface area is 134 Å². The van der Waals surface area contributed by atoms with Gasteiger partial charge in [-0.25, -0.2) is 0 Å². The lowest BCUT2D eigenvalue weighted by atomic mass is 10.1. The zero-order valence-corrected chi connectivity index (χ0v) is 15.1. The summed E-state index contributed by atoms with van der Waals surface area (Å²) in [6.45, 7) is 13.1. The number of hydrogen-bond acceptors (Lipinski definition) is 3. The van der Waals surface area contributed by atoms with Crippen molar-refractivity contribution in [3.05, 3.63) is 17.0 Å². The van der Waals surface area contributed by atoms with Gasteiger partial charge in [-0.05, 0) is 45.6 Å². The third-order valence-corrected chi connectivity index (χ3v) is 3.71. The second-order valence-corrected chi connectivity index (χ2v) is 7.29. The van der Waals surface area contributed by atoms with Crippen LogP contribution in [0, 0.1) is 19.8 Å². The van der Waals surface area contributed by atoms with Crippen molar-refractivity contribution >= 4 is 5.91 Å². The first-order valence-corrected chi connectivity index (χ1v) is 8.00. The minimum atomic E-state index is -0.863. The number of nitrogens with zero attached hydrogens (tertiary/aromatic N) is 3. The molecule has 0 bridgehead atoms. The first kappa shape index (κ1) is 18.7. The fraction of sp³-hybridized carbons (Fsp3) is 0.765. The molecule has 1 aromatic rings. The first-order valence-electron chi connectivity index (χ1n) is 8.00. The van der Waals surface area contributed by atoms with Crippen LogP contribution in [-0.2, 0) is 17.8 Å². The van der Waals surface area contributed by atoms with Crippen LogP contribution in [0.4, 0.5) is 0 Å². The number of aryl methyl sites for hydroxylation is 1. The Kier molecular flexibility index (Phi) is 6.17. The van der Waals surface area contributed by atoms with Gasteiger partial charge in [-0.1, -0.05) is 13.8 Å². The minimum Gasteiger partial charge on any atom is -0.389 e. The van der Waals surface area contributed by atoms with E-state index in [0.717, 1.165) is 17.9 Å². The van der Waals surface area contributed by atoms with Crippen LogP contribution < -0.4 is 0 Å². The number of carbonyl (C=O) groups excluding carboxylic acids is 1. The van der Waals surface area contributed by atoms with Gasteiger partial charge in [0.25, 0.3) is 0 Å². The van der Waals surface area contributed by atoms with Crippen molar-refractivity contribution in [2.24, 2.45) is 5.92 Å². The average Bonchev–Trinajstić information content (AvgIpc) is 2.59. The maximum atomic E-state index is 12.2. The predicted molar refractivity (Wildman–Crippen MR) is 88.8 cm³/mol. The lowest BCUT2D eigenvalue weighted by molar-refractivity contribution is -0.132. The van der Waals surface area contributed by atoms with Crippen molar-refractivity contribution in [3.63, 3.8) is 0 Å². The van der Waals surface area contributed by atoms with Crippen LogP contribution in [-0.4, -0.2) is 44.9 Å². The third-order valence-electron chi connectivity index (χ3n) is 3.71. The molecule has 0 aliphatic heterocycles. The first-order chi connectivity index (χ1) is 10.0. The highest BCUT2D eigenvalue weighted by molar-refractivity contribution is 5.76. The van der Waals surface area contributed by atoms with Crippen molar-refractivity contribution in [1.82, 2.24) is 14.7 Å². The van der Waals surface area contributed by atoms with Gasteiger partial charge in [-0.3, -0.25) is 9.48 Å². The summed E-state index contributed by atoms with van der Waals surface area (Å²) in [4.78, 5) is 13.8. The molecule has 0 saturated carbocycles. The van der Waals surface area contributed by atoms with E-state index in [1.807, 2.05) is 11.6 Å². The van der Waals surface area contributed by atoms with E-state index in [-0.39, 0.29) is 5.91 Å². The summed E-state index contributed by atoms with van der Waals surface area (Å²) in [6, 6.07) is 0. The van der Waals surface area contributed by atoms with E-state index in [1.165, 1.54) is 5.56 Å². The molecule has 0 aromatic carbocycles. The van der Waals surface area contributed by atoms with Crippen molar-refractivity contribution < 1.29 is 9.90 Å². The number of amides is 1. The molecule has 126 valence electrons. The smallest absolute Gasteiger partial charge is 0.222 e. The maximum absolute atomic E-state index is 12.2. The highest BCUT2D eigenvalue weighted by Gasteiger charge is 2.20. The van der Waals surface area contributed by atoms with Crippen molar-refractivity contribution in [1.29, 1.82) is 0 Å². The molecule has 0 aliphatic carbocycles. The van der Waals surface area contributed by atoms with Crippen LogP contribution in [0.15, 0.2) is 0 Å². The number of aliphatic hydroxyl groups is 1. The molecule has 0 atom stereocenters. The molecule has 1 N–H and O–H groups in total. The van der Waals surface area contributed by atoms with Gasteiger partial charge < -0.3 is 10.0 Å². The normalized spacial score (nSPS) is 12.0. The topological polar surface area (TPSA) is 58.4 Å². The molecule has 0 spiro atoms. The molecule has 1 heterocycles. The molecule has 1 amide bonds. The molecule has 1 aromatic heterocycles. The summed E-state index contributed by atoms with van der Waals surface area (Å²) in [5.74, 6) is 0.600. The maximum Gasteiger partial charge on any atom is 0.222 e. The van der Waals surface area contributed by atoms with E-state index in [1.54, 1.807) is 25.8 Å². The SMILES string of the molecule is Cc1nn(CC(C)C)c(C)c1CCC(=O)N(C)CC(C)(C)O. The number of rotatable bonds is 7. The molecule has 22 heavy (non-hydrogen) atoms. The summed E-state index contributed by atoms with van der Waals surface area (Å²) in [5.41, 5.74) is 2.48. The lowest BCUT2D eigenvalue weighted by Gasteiger charge is -2.25. The van der Waals surface area contributed by atoms with Gasteiger partial charge in [-0.15, -0.1) is 0 Å². The molecular formula is C17H31N3O2. The zero-order chi connectivity index (χ0) is 17.1. The standard InChI is InChI=1S/C17H31N3O2/c1-12(2)10-20-14(4)15(13(3)18-20)8-9-16(21)19(7)11-17(5,6)22/h12,22H,8-11H2,1-7H3. The second-order valence-electron chi connectivity index (χ2n) is 7.29. The largest absolute Gasteiger partial charge is 0.389 e. The van der Waals surface area contributed by atoms with E-state index < -0.39 is 5.60 Å². The van der Waals surface area contributed by atoms with Crippen molar-refractivity contribution in [3.8, 4) is 0 Å². The summed E-state index contributed by atoms with van der Waals surface area (Å²) in [5, 5.41) is 14.4. The van der Waals surface area contributed by atoms with Gasteiger partial charge in [-0.2, -0.15) is 5.10 Å². The molecule has 0 unspecified atom stereocenters.